The Balaban J connectivity index is 0.000000810. The summed E-state index contributed by atoms with van der Waals surface area (Å²) in [6.45, 7) is 0. The van der Waals surface area contributed by atoms with E-state index in [9.17, 15) is 0 Å². The second kappa shape index (κ2) is 5.45. The molecule has 0 atom stereocenters. The average molecular weight is 179 g/mol. The van der Waals surface area contributed by atoms with E-state index in [1.165, 1.54) is 6.33 Å². The van der Waals surface area contributed by atoms with Gasteiger partial charge in [0.2, 0.25) is 0 Å². The molecule has 0 amide bonds. The highest BCUT2D eigenvalue weighted by molar-refractivity contribution is 6.17. The van der Waals surface area contributed by atoms with Crippen molar-refractivity contribution in [3.8, 4) is 0 Å². The number of hydrogen-bond donors (Lipinski definition) is 0. The summed E-state index contributed by atoms with van der Waals surface area (Å²) in [6.07, 6.45) is 4.07. The molecular formula is C6H8Cl2N2. The zero-order valence-electron chi connectivity index (χ0n) is 5.33. The molecule has 56 valence electrons. The second-order valence-corrected chi connectivity index (χ2v) is 2.02. The van der Waals surface area contributed by atoms with E-state index >= 15 is 0 Å². The summed E-state index contributed by atoms with van der Waals surface area (Å²) in [5.41, 5.74) is 1.00. The SMILES string of the molecule is Cl.ClCCc1ccncn1. The van der Waals surface area contributed by atoms with Crippen LogP contribution in [0.4, 0.5) is 0 Å². The molecular weight excluding hydrogens is 171 g/mol. The first-order chi connectivity index (χ1) is 4.43. The predicted molar refractivity (Wildman–Crippen MR) is 43.7 cm³/mol. The van der Waals surface area contributed by atoms with Gasteiger partial charge in [-0.15, -0.1) is 24.0 Å². The van der Waals surface area contributed by atoms with Crippen molar-refractivity contribution in [2.45, 2.75) is 6.42 Å². The van der Waals surface area contributed by atoms with Crippen molar-refractivity contribution < 1.29 is 0 Å². The van der Waals surface area contributed by atoms with Crippen LogP contribution in [-0.2, 0) is 6.42 Å². The Bertz CT molecular complexity index is 167. The van der Waals surface area contributed by atoms with E-state index < -0.39 is 0 Å². The Labute approximate surface area is 71.1 Å². The van der Waals surface area contributed by atoms with Crippen molar-refractivity contribution >= 4 is 24.0 Å². The van der Waals surface area contributed by atoms with Gasteiger partial charge in [0.25, 0.3) is 0 Å². The zero-order chi connectivity index (χ0) is 6.53. The van der Waals surface area contributed by atoms with Crippen molar-refractivity contribution in [2.24, 2.45) is 0 Å². The van der Waals surface area contributed by atoms with Crippen LogP contribution >= 0.6 is 24.0 Å². The van der Waals surface area contributed by atoms with Crippen molar-refractivity contribution in [3.05, 3.63) is 24.3 Å². The molecule has 2 nitrogen and oxygen atoms in total. The number of hydrogen-bond acceptors (Lipinski definition) is 2. The van der Waals surface area contributed by atoms with Gasteiger partial charge in [-0.3, -0.25) is 0 Å². The molecule has 0 saturated carbocycles. The average Bonchev–Trinajstić information content (AvgIpc) is 1.91. The number of alkyl halides is 1. The smallest absolute Gasteiger partial charge is 0.115 e. The molecule has 0 aliphatic heterocycles. The summed E-state index contributed by atoms with van der Waals surface area (Å²) < 4.78 is 0. The topological polar surface area (TPSA) is 25.8 Å². The van der Waals surface area contributed by atoms with Crippen LogP contribution in [-0.4, -0.2) is 15.8 Å². The van der Waals surface area contributed by atoms with Crippen LogP contribution in [0.2, 0.25) is 0 Å². The Morgan fingerprint density at radius 2 is 2.30 bits per heavy atom. The quantitative estimate of drug-likeness (QED) is 0.645. The molecule has 0 fully saturated rings. The minimum Gasteiger partial charge on any atom is -0.245 e. The summed E-state index contributed by atoms with van der Waals surface area (Å²) in [7, 11) is 0. The lowest BCUT2D eigenvalue weighted by Gasteiger charge is -1.91. The molecule has 0 unspecified atom stereocenters. The number of aromatic nitrogens is 2. The second-order valence-electron chi connectivity index (χ2n) is 1.64. The molecule has 0 spiro atoms. The largest absolute Gasteiger partial charge is 0.245 e. The Morgan fingerprint density at radius 1 is 1.50 bits per heavy atom. The minimum atomic E-state index is 0. The van der Waals surface area contributed by atoms with Gasteiger partial charge in [-0.1, -0.05) is 0 Å². The maximum absolute atomic E-state index is 5.48. The molecule has 0 aliphatic rings. The van der Waals surface area contributed by atoms with Gasteiger partial charge in [0.15, 0.2) is 0 Å². The number of rotatable bonds is 2. The first-order valence-electron chi connectivity index (χ1n) is 2.74. The van der Waals surface area contributed by atoms with E-state index in [-0.39, 0.29) is 12.4 Å². The molecule has 1 aromatic heterocycles. The van der Waals surface area contributed by atoms with Crippen molar-refractivity contribution in [3.63, 3.8) is 0 Å². The first kappa shape index (κ1) is 9.66. The molecule has 4 heteroatoms. The first-order valence-corrected chi connectivity index (χ1v) is 3.28. The van der Waals surface area contributed by atoms with Crippen molar-refractivity contribution in [1.29, 1.82) is 0 Å². The van der Waals surface area contributed by atoms with Crippen LogP contribution in [0.3, 0.4) is 0 Å². The normalized spacial score (nSPS) is 8.50. The molecule has 1 aromatic rings. The molecule has 0 aromatic carbocycles. The van der Waals surface area contributed by atoms with Crippen LogP contribution in [0.15, 0.2) is 18.6 Å². The van der Waals surface area contributed by atoms with Gasteiger partial charge in [0.1, 0.15) is 6.33 Å². The van der Waals surface area contributed by atoms with E-state index in [0.717, 1.165) is 12.1 Å². The number of halogens is 2. The van der Waals surface area contributed by atoms with Gasteiger partial charge >= 0.3 is 0 Å². The van der Waals surface area contributed by atoms with Gasteiger partial charge in [0.05, 0.1) is 0 Å². The van der Waals surface area contributed by atoms with Crippen LogP contribution < -0.4 is 0 Å². The zero-order valence-corrected chi connectivity index (χ0v) is 6.90. The fourth-order valence-electron chi connectivity index (χ4n) is 0.563. The Hall–Kier alpha value is -0.340. The number of nitrogens with zero attached hydrogens (tertiary/aromatic N) is 2. The third-order valence-corrected chi connectivity index (χ3v) is 1.18. The standard InChI is InChI=1S/C6H7ClN2.ClH/c7-3-1-6-2-4-8-5-9-6;/h2,4-5H,1,3H2;1H. The fraction of sp³-hybridized carbons (Fsp3) is 0.333. The molecule has 1 rings (SSSR count). The summed E-state index contributed by atoms with van der Waals surface area (Å²) in [4.78, 5) is 7.75. The van der Waals surface area contributed by atoms with E-state index in [0.29, 0.717) is 5.88 Å². The lowest BCUT2D eigenvalue weighted by Crippen LogP contribution is -1.89. The highest BCUT2D eigenvalue weighted by Crippen LogP contribution is 1.92. The highest BCUT2D eigenvalue weighted by Gasteiger charge is 1.88. The third-order valence-electron chi connectivity index (χ3n) is 0.994. The molecule has 1 heterocycles. The number of aryl methyl sites for hydroxylation is 1. The minimum absolute atomic E-state index is 0. The molecule has 0 aliphatic carbocycles. The fourth-order valence-corrected chi connectivity index (χ4v) is 0.756. The van der Waals surface area contributed by atoms with Crippen LogP contribution in [0.5, 0.6) is 0 Å². The van der Waals surface area contributed by atoms with E-state index in [2.05, 4.69) is 9.97 Å². The van der Waals surface area contributed by atoms with Gasteiger partial charge in [-0.2, -0.15) is 0 Å². The van der Waals surface area contributed by atoms with Gasteiger partial charge in [-0.25, -0.2) is 9.97 Å². The maximum Gasteiger partial charge on any atom is 0.115 e. The molecule has 0 bridgehead atoms. The van der Waals surface area contributed by atoms with E-state index in [1.807, 2.05) is 6.07 Å². The molecule has 0 radical (unpaired) electrons. The van der Waals surface area contributed by atoms with Gasteiger partial charge < -0.3 is 0 Å². The third kappa shape index (κ3) is 2.99. The van der Waals surface area contributed by atoms with Crippen LogP contribution in [0, 0.1) is 0 Å². The van der Waals surface area contributed by atoms with E-state index in [1.54, 1.807) is 6.20 Å². The molecule has 10 heavy (non-hydrogen) atoms. The summed E-state index contributed by atoms with van der Waals surface area (Å²) >= 11 is 5.48. The van der Waals surface area contributed by atoms with Crippen LogP contribution in [0.1, 0.15) is 5.69 Å². The lowest BCUT2D eigenvalue weighted by atomic mass is 10.3. The highest BCUT2D eigenvalue weighted by atomic mass is 35.5. The van der Waals surface area contributed by atoms with Gasteiger partial charge in [-0.05, 0) is 6.07 Å². The van der Waals surface area contributed by atoms with Gasteiger partial charge in [0, 0.05) is 24.2 Å². The summed E-state index contributed by atoms with van der Waals surface area (Å²) in [5, 5.41) is 0. The monoisotopic (exact) mass is 178 g/mol. The maximum atomic E-state index is 5.48. The Morgan fingerprint density at radius 3 is 2.80 bits per heavy atom. The summed E-state index contributed by atoms with van der Waals surface area (Å²) in [5.74, 6) is 0.622. The summed E-state index contributed by atoms with van der Waals surface area (Å²) in [6, 6.07) is 1.86. The van der Waals surface area contributed by atoms with Crippen molar-refractivity contribution in [2.75, 3.05) is 5.88 Å². The Kier molecular flexibility index (Phi) is 5.26. The molecule has 0 saturated heterocycles. The molecule has 0 N–H and O–H groups in total. The lowest BCUT2D eigenvalue weighted by molar-refractivity contribution is 1.00. The predicted octanol–water partition coefficient (Wildman–Crippen LogP) is 1.68. The van der Waals surface area contributed by atoms with Crippen molar-refractivity contribution in [1.82, 2.24) is 9.97 Å². The van der Waals surface area contributed by atoms with E-state index in [4.69, 9.17) is 11.6 Å². The van der Waals surface area contributed by atoms with Crippen LogP contribution in [0.25, 0.3) is 0 Å².